The number of hydrogen-bond acceptors (Lipinski definition) is 7. The molecular formula is C23H19ClF4N2O6. The van der Waals surface area contributed by atoms with Gasteiger partial charge in [0.2, 0.25) is 5.91 Å². The molecule has 0 saturated carbocycles. The van der Waals surface area contributed by atoms with Crippen molar-refractivity contribution >= 4 is 35.1 Å². The quantitative estimate of drug-likeness (QED) is 0.269. The number of carbonyl (C=O) groups excluding carboxylic acids is 3. The van der Waals surface area contributed by atoms with Crippen molar-refractivity contribution in [2.45, 2.75) is 26.4 Å². The first-order valence-electron chi connectivity index (χ1n) is 10.5. The molecule has 0 saturated heterocycles. The molecule has 13 heteroatoms. The second-order valence-electron chi connectivity index (χ2n) is 7.48. The zero-order valence-corrected chi connectivity index (χ0v) is 19.7. The van der Waals surface area contributed by atoms with Crippen molar-refractivity contribution in [3.63, 3.8) is 0 Å². The molecule has 0 spiro atoms. The summed E-state index contributed by atoms with van der Waals surface area (Å²) in [4.78, 5) is 41.0. The fraction of sp³-hybridized carbons (Fsp3) is 0.304. The van der Waals surface area contributed by atoms with E-state index < -0.39 is 53.6 Å². The predicted octanol–water partition coefficient (Wildman–Crippen LogP) is 5.00. The van der Waals surface area contributed by atoms with Crippen molar-refractivity contribution in [1.29, 1.82) is 0 Å². The summed E-state index contributed by atoms with van der Waals surface area (Å²) in [5.74, 6) is -6.70. The van der Waals surface area contributed by atoms with Crippen molar-refractivity contribution in [2.75, 3.05) is 18.1 Å². The number of nitrogens with zero attached hydrogens (tertiary/aromatic N) is 2. The Morgan fingerprint density at radius 1 is 1.22 bits per heavy atom. The van der Waals surface area contributed by atoms with E-state index in [1.807, 2.05) is 6.92 Å². The minimum atomic E-state index is -4.91. The van der Waals surface area contributed by atoms with Crippen LogP contribution in [0, 0.1) is 11.7 Å². The molecule has 1 aromatic heterocycles. The zero-order chi connectivity index (χ0) is 26.6. The Morgan fingerprint density at radius 2 is 1.94 bits per heavy atom. The number of anilines is 1. The summed E-state index contributed by atoms with van der Waals surface area (Å²) in [5.41, 5.74) is -2.00. The number of esters is 1. The van der Waals surface area contributed by atoms with Gasteiger partial charge in [-0.05, 0) is 31.5 Å². The third kappa shape index (κ3) is 5.93. The molecule has 0 aliphatic carbocycles. The standard InChI is InChI=1S/C23H19ClF4N2O6/c1-3-7-34-20(32)11-35-21-17(5-4-6-29-21)36-18-10-16(15(25)9-14(18)24)30-19(31)8-13(23(26,27)28)12(2)22(30)33/h4-6,8-10,12H,3,7,11H2,1-2H3. The van der Waals surface area contributed by atoms with Gasteiger partial charge in [0.05, 0.1) is 28.8 Å². The third-order valence-corrected chi connectivity index (χ3v) is 5.17. The average molecular weight is 531 g/mol. The van der Waals surface area contributed by atoms with E-state index in [0.717, 1.165) is 19.1 Å². The number of hydrogen-bond donors (Lipinski definition) is 0. The Balaban J connectivity index is 1.91. The minimum Gasteiger partial charge on any atom is -0.463 e. The first-order valence-corrected chi connectivity index (χ1v) is 10.9. The molecule has 36 heavy (non-hydrogen) atoms. The highest BCUT2D eigenvalue weighted by atomic mass is 35.5. The highest BCUT2D eigenvalue weighted by molar-refractivity contribution is 6.32. The van der Waals surface area contributed by atoms with Gasteiger partial charge in [-0.25, -0.2) is 19.1 Å². The highest BCUT2D eigenvalue weighted by Crippen LogP contribution is 2.41. The molecule has 0 fully saturated rings. The minimum absolute atomic E-state index is 0.0656. The molecule has 1 atom stereocenters. The van der Waals surface area contributed by atoms with Crippen LogP contribution in [0.3, 0.4) is 0 Å². The van der Waals surface area contributed by atoms with Crippen molar-refractivity contribution < 1.29 is 46.2 Å². The fourth-order valence-electron chi connectivity index (χ4n) is 3.16. The van der Waals surface area contributed by atoms with Crippen LogP contribution in [0.15, 0.2) is 42.1 Å². The number of benzene rings is 1. The number of amides is 2. The van der Waals surface area contributed by atoms with E-state index >= 15 is 0 Å². The maximum Gasteiger partial charge on any atom is 0.413 e. The lowest BCUT2D eigenvalue weighted by molar-refractivity contribution is -0.146. The summed E-state index contributed by atoms with van der Waals surface area (Å²) in [7, 11) is 0. The van der Waals surface area contributed by atoms with E-state index in [1.54, 1.807) is 0 Å². The average Bonchev–Trinajstić information content (AvgIpc) is 2.81. The number of halogens is 5. The summed E-state index contributed by atoms with van der Waals surface area (Å²) in [6.45, 7) is 2.49. The molecule has 2 heterocycles. The predicted molar refractivity (Wildman–Crippen MR) is 118 cm³/mol. The lowest BCUT2D eigenvalue weighted by Gasteiger charge is -2.30. The maximum atomic E-state index is 14.7. The lowest BCUT2D eigenvalue weighted by atomic mass is 9.94. The molecule has 192 valence electrons. The first kappa shape index (κ1) is 26.9. The van der Waals surface area contributed by atoms with Crippen LogP contribution in [0.5, 0.6) is 17.4 Å². The lowest BCUT2D eigenvalue weighted by Crippen LogP contribution is -2.46. The fourth-order valence-corrected chi connectivity index (χ4v) is 3.34. The molecule has 1 aliphatic heterocycles. The van der Waals surface area contributed by atoms with Gasteiger partial charge in [0, 0.05) is 18.3 Å². The van der Waals surface area contributed by atoms with Crippen LogP contribution in [0.2, 0.25) is 5.02 Å². The summed E-state index contributed by atoms with van der Waals surface area (Å²) in [6, 6.07) is 4.47. The smallest absolute Gasteiger partial charge is 0.413 e. The van der Waals surface area contributed by atoms with Gasteiger partial charge in [-0.1, -0.05) is 18.5 Å². The normalized spacial score (nSPS) is 16.0. The van der Waals surface area contributed by atoms with Gasteiger partial charge in [0.25, 0.3) is 11.8 Å². The van der Waals surface area contributed by atoms with Crippen molar-refractivity contribution in [1.82, 2.24) is 4.98 Å². The topological polar surface area (TPSA) is 95.0 Å². The van der Waals surface area contributed by atoms with Crippen LogP contribution in [0.1, 0.15) is 20.3 Å². The highest BCUT2D eigenvalue weighted by Gasteiger charge is 2.46. The van der Waals surface area contributed by atoms with Gasteiger partial charge in [-0.3, -0.25) is 9.59 Å². The second kappa shape index (κ2) is 10.9. The van der Waals surface area contributed by atoms with Crippen LogP contribution < -0.4 is 14.4 Å². The molecule has 0 radical (unpaired) electrons. The van der Waals surface area contributed by atoms with E-state index in [1.165, 1.54) is 18.3 Å². The summed E-state index contributed by atoms with van der Waals surface area (Å²) in [5, 5.41) is -0.287. The van der Waals surface area contributed by atoms with Crippen LogP contribution in [-0.4, -0.2) is 42.2 Å². The largest absolute Gasteiger partial charge is 0.463 e. The Morgan fingerprint density at radius 3 is 2.61 bits per heavy atom. The van der Waals surface area contributed by atoms with Gasteiger partial charge >= 0.3 is 12.1 Å². The molecule has 3 rings (SSSR count). The van der Waals surface area contributed by atoms with Gasteiger partial charge in [0.15, 0.2) is 12.4 Å². The van der Waals surface area contributed by atoms with Crippen LogP contribution in [0.25, 0.3) is 0 Å². The number of imide groups is 1. The van der Waals surface area contributed by atoms with Gasteiger partial charge in [0.1, 0.15) is 11.6 Å². The molecule has 2 amide bonds. The number of alkyl halides is 3. The van der Waals surface area contributed by atoms with Gasteiger partial charge < -0.3 is 14.2 Å². The van der Waals surface area contributed by atoms with E-state index in [-0.39, 0.29) is 40.0 Å². The molecular weight excluding hydrogens is 512 g/mol. The summed E-state index contributed by atoms with van der Waals surface area (Å²) >= 11 is 6.06. The van der Waals surface area contributed by atoms with E-state index in [9.17, 15) is 31.9 Å². The Labute approximate surface area is 207 Å². The Kier molecular flexibility index (Phi) is 8.18. The number of ether oxygens (including phenoxy) is 3. The SMILES string of the molecule is CCCOC(=O)COc1ncccc1Oc1cc(N2C(=O)C=C(C(F)(F)F)C(C)C2=O)c(F)cc1Cl. The zero-order valence-electron chi connectivity index (χ0n) is 18.9. The van der Waals surface area contributed by atoms with Crippen molar-refractivity contribution in [3.05, 3.63) is 53.0 Å². The number of aromatic nitrogens is 1. The monoisotopic (exact) mass is 530 g/mol. The third-order valence-electron chi connectivity index (χ3n) is 4.88. The first-order chi connectivity index (χ1) is 16.9. The summed E-state index contributed by atoms with van der Waals surface area (Å²) < 4.78 is 70.1. The molecule has 1 unspecified atom stereocenters. The van der Waals surface area contributed by atoms with E-state index in [4.69, 9.17) is 25.8 Å². The van der Waals surface area contributed by atoms with Gasteiger partial charge in [-0.2, -0.15) is 13.2 Å². The molecule has 0 N–H and O–H groups in total. The van der Waals surface area contributed by atoms with Crippen LogP contribution in [0.4, 0.5) is 23.2 Å². The number of rotatable bonds is 8. The van der Waals surface area contributed by atoms with Gasteiger partial charge in [-0.15, -0.1) is 0 Å². The number of carbonyl (C=O) groups is 3. The Hall–Kier alpha value is -3.67. The Bertz CT molecular complexity index is 1220. The molecule has 8 nitrogen and oxygen atoms in total. The van der Waals surface area contributed by atoms with Crippen LogP contribution in [-0.2, 0) is 19.1 Å². The maximum absolute atomic E-state index is 14.7. The molecule has 1 aromatic carbocycles. The van der Waals surface area contributed by atoms with E-state index in [2.05, 4.69) is 4.98 Å². The van der Waals surface area contributed by atoms with Crippen molar-refractivity contribution in [2.24, 2.45) is 5.92 Å². The molecule has 1 aliphatic rings. The van der Waals surface area contributed by atoms with Crippen molar-refractivity contribution in [3.8, 4) is 17.4 Å². The second-order valence-corrected chi connectivity index (χ2v) is 7.89. The van der Waals surface area contributed by atoms with E-state index in [0.29, 0.717) is 6.42 Å². The molecule has 0 bridgehead atoms. The summed E-state index contributed by atoms with van der Waals surface area (Å²) in [6.07, 6.45) is -2.72. The van der Waals surface area contributed by atoms with Crippen LogP contribution >= 0.6 is 11.6 Å². The number of pyridine rings is 1. The molecule has 2 aromatic rings.